The lowest BCUT2D eigenvalue weighted by molar-refractivity contribution is -0.156. The molecule has 3 heterocycles. The Morgan fingerprint density at radius 1 is 1.19 bits per heavy atom. The molecule has 3 aromatic heterocycles. The molecule has 0 bridgehead atoms. The second-order valence-corrected chi connectivity index (χ2v) is 7.17. The van der Waals surface area contributed by atoms with Gasteiger partial charge in [0.05, 0.1) is 0 Å². The monoisotopic (exact) mass is 374 g/mol. The zero-order valence-corrected chi connectivity index (χ0v) is 16.0. The van der Waals surface area contributed by atoms with Gasteiger partial charge in [-0.2, -0.15) is 0 Å². The fourth-order valence-electron chi connectivity index (χ4n) is 2.73. The average molecular weight is 375 g/mol. The van der Waals surface area contributed by atoms with E-state index in [1.807, 2.05) is 0 Å². The third-order valence-electron chi connectivity index (χ3n) is 3.93. The van der Waals surface area contributed by atoms with Crippen LogP contribution in [-0.2, 0) is 15.1 Å². The number of pyridine rings is 2. The van der Waals surface area contributed by atoms with E-state index in [-0.39, 0.29) is 17.7 Å². The molecule has 136 valence electrons. The molecule has 0 spiro atoms. The number of esters is 1. The van der Waals surface area contributed by atoms with Crippen LogP contribution in [0.4, 0.5) is 0 Å². The summed E-state index contributed by atoms with van der Waals surface area (Å²) in [5.41, 5.74) is 0.519. The Labute approximate surface area is 155 Å². The van der Waals surface area contributed by atoms with Gasteiger partial charge < -0.3 is 9.15 Å². The maximum atomic E-state index is 11.3. The lowest BCUT2D eigenvalue weighted by atomic mass is 9.98. The summed E-state index contributed by atoms with van der Waals surface area (Å²) in [5, 5.41) is 10.2. The van der Waals surface area contributed by atoms with Crippen molar-refractivity contribution >= 4 is 28.3 Å². The summed E-state index contributed by atoms with van der Waals surface area (Å²) in [4.78, 5) is 19.9. The first-order chi connectivity index (χ1) is 12.2. The molecule has 8 heteroatoms. The van der Waals surface area contributed by atoms with E-state index in [9.17, 15) is 4.79 Å². The van der Waals surface area contributed by atoms with Crippen LogP contribution in [0.1, 0.15) is 52.0 Å². The number of carbonyl (C=O) groups is 1. The Hall–Kier alpha value is -2.54. The lowest BCUT2D eigenvalue weighted by Gasteiger charge is -2.19. The lowest BCUT2D eigenvalue weighted by Crippen LogP contribution is -2.24. The Morgan fingerprint density at radius 2 is 1.92 bits per heavy atom. The van der Waals surface area contributed by atoms with Crippen molar-refractivity contribution < 1.29 is 13.9 Å². The molecule has 0 atom stereocenters. The van der Waals surface area contributed by atoms with Gasteiger partial charge in [0, 0.05) is 24.7 Å². The van der Waals surface area contributed by atoms with Crippen molar-refractivity contribution in [1.82, 2.24) is 20.2 Å². The summed E-state index contributed by atoms with van der Waals surface area (Å²) in [6, 6.07) is 1.80. The fourth-order valence-corrected chi connectivity index (χ4v) is 2.88. The van der Waals surface area contributed by atoms with Crippen molar-refractivity contribution in [3.63, 3.8) is 0 Å². The number of hydrogen-bond acceptors (Lipinski definition) is 7. The first-order valence-corrected chi connectivity index (χ1v) is 8.55. The smallest absolute Gasteiger partial charge is 0.303 e. The molecule has 0 radical (unpaired) electrons. The summed E-state index contributed by atoms with van der Waals surface area (Å²) < 4.78 is 11.0. The molecular weight excluding hydrogens is 356 g/mol. The topological polar surface area (TPSA) is 91.0 Å². The molecule has 0 aliphatic carbocycles. The van der Waals surface area contributed by atoms with Crippen LogP contribution >= 0.6 is 11.6 Å². The molecule has 0 unspecified atom stereocenters. The van der Waals surface area contributed by atoms with Crippen molar-refractivity contribution in [3.05, 3.63) is 35.1 Å². The van der Waals surface area contributed by atoms with E-state index in [0.29, 0.717) is 10.8 Å². The Kier molecular flexibility index (Phi) is 4.66. The molecule has 0 amide bonds. The third kappa shape index (κ3) is 3.39. The van der Waals surface area contributed by atoms with Gasteiger partial charge in [0.15, 0.2) is 5.60 Å². The number of aromatic nitrogens is 4. The van der Waals surface area contributed by atoms with Crippen LogP contribution in [0.5, 0.6) is 0 Å². The molecule has 0 aromatic carbocycles. The van der Waals surface area contributed by atoms with Crippen LogP contribution in [-0.4, -0.2) is 26.1 Å². The van der Waals surface area contributed by atoms with Gasteiger partial charge in [-0.1, -0.05) is 25.4 Å². The molecule has 26 heavy (non-hydrogen) atoms. The van der Waals surface area contributed by atoms with Gasteiger partial charge in [0.1, 0.15) is 10.8 Å². The molecular formula is C18H19ClN4O3. The summed E-state index contributed by atoms with van der Waals surface area (Å²) in [6.07, 6.45) is 3.42. The van der Waals surface area contributed by atoms with E-state index < -0.39 is 11.6 Å². The highest BCUT2D eigenvalue weighted by molar-refractivity contribution is 6.30. The standard InChI is InChI=1S/C18H19ClN4O3/c1-9(2)12-7-21-15(13-8-20-14(19)6-11(12)13)16-22-23-17(25-16)18(4,5)26-10(3)24/h6-9H,1-5H3. The van der Waals surface area contributed by atoms with Crippen molar-refractivity contribution in [3.8, 4) is 11.6 Å². The van der Waals surface area contributed by atoms with Crippen LogP contribution in [0, 0.1) is 0 Å². The van der Waals surface area contributed by atoms with E-state index >= 15 is 0 Å². The number of fused-ring (bicyclic) bond motifs is 1. The maximum Gasteiger partial charge on any atom is 0.303 e. The molecule has 7 nitrogen and oxygen atoms in total. The van der Waals surface area contributed by atoms with E-state index in [1.165, 1.54) is 6.92 Å². The normalized spacial score (nSPS) is 12.0. The van der Waals surface area contributed by atoms with Gasteiger partial charge in [-0.15, -0.1) is 10.2 Å². The van der Waals surface area contributed by atoms with Crippen LogP contribution in [0.2, 0.25) is 5.15 Å². The molecule has 0 aliphatic rings. The number of carbonyl (C=O) groups excluding carboxylic acids is 1. The van der Waals surface area contributed by atoms with Gasteiger partial charge in [-0.3, -0.25) is 9.78 Å². The van der Waals surface area contributed by atoms with Crippen molar-refractivity contribution in [2.45, 2.75) is 46.1 Å². The van der Waals surface area contributed by atoms with E-state index in [4.69, 9.17) is 20.8 Å². The summed E-state index contributed by atoms with van der Waals surface area (Å²) >= 11 is 6.07. The number of halogens is 1. The summed E-state index contributed by atoms with van der Waals surface area (Å²) in [5.74, 6) is 0.245. The predicted molar refractivity (Wildman–Crippen MR) is 96.7 cm³/mol. The molecule has 0 fully saturated rings. The fraction of sp³-hybridized carbons (Fsp3) is 0.389. The minimum Gasteiger partial charge on any atom is -0.450 e. The highest BCUT2D eigenvalue weighted by Gasteiger charge is 2.31. The molecule has 0 aliphatic heterocycles. The third-order valence-corrected chi connectivity index (χ3v) is 4.14. The van der Waals surface area contributed by atoms with Crippen molar-refractivity contribution in [1.29, 1.82) is 0 Å². The first kappa shape index (κ1) is 18.3. The summed E-state index contributed by atoms with van der Waals surface area (Å²) in [7, 11) is 0. The number of nitrogens with zero attached hydrogens (tertiary/aromatic N) is 4. The zero-order chi connectivity index (χ0) is 19.1. The van der Waals surface area contributed by atoms with Crippen LogP contribution < -0.4 is 0 Å². The zero-order valence-electron chi connectivity index (χ0n) is 15.2. The largest absolute Gasteiger partial charge is 0.450 e. The molecule has 3 rings (SSSR count). The highest BCUT2D eigenvalue weighted by Crippen LogP contribution is 2.33. The Balaban J connectivity index is 2.13. The predicted octanol–water partition coefficient (Wildman–Crippen LogP) is 4.25. The highest BCUT2D eigenvalue weighted by atomic mass is 35.5. The first-order valence-electron chi connectivity index (χ1n) is 8.17. The molecule has 0 N–H and O–H groups in total. The minimum atomic E-state index is -1.04. The second kappa shape index (κ2) is 6.64. The van der Waals surface area contributed by atoms with E-state index in [1.54, 1.807) is 32.3 Å². The minimum absolute atomic E-state index is 0.188. The van der Waals surface area contributed by atoms with Crippen molar-refractivity contribution in [2.75, 3.05) is 0 Å². The van der Waals surface area contributed by atoms with E-state index in [0.717, 1.165) is 16.3 Å². The van der Waals surface area contributed by atoms with Gasteiger partial charge in [0.25, 0.3) is 11.8 Å². The second-order valence-electron chi connectivity index (χ2n) is 6.79. The maximum absolute atomic E-state index is 11.3. The molecule has 0 saturated heterocycles. The molecule has 0 saturated carbocycles. The van der Waals surface area contributed by atoms with Gasteiger partial charge in [-0.05, 0) is 36.8 Å². The quantitative estimate of drug-likeness (QED) is 0.497. The van der Waals surface area contributed by atoms with Gasteiger partial charge in [-0.25, -0.2) is 4.98 Å². The average Bonchev–Trinajstić information content (AvgIpc) is 3.02. The summed E-state index contributed by atoms with van der Waals surface area (Å²) in [6.45, 7) is 8.85. The number of ether oxygens (including phenoxy) is 1. The Morgan fingerprint density at radius 3 is 2.58 bits per heavy atom. The van der Waals surface area contributed by atoms with Crippen LogP contribution in [0.3, 0.4) is 0 Å². The van der Waals surface area contributed by atoms with Crippen LogP contribution in [0.25, 0.3) is 22.4 Å². The Bertz CT molecular complexity index is 982. The van der Waals surface area contributed by atoms with Crippen molar-refractivity contribution in [2.24, 2.45) is 0 Å². The SMILES string of the molecule is CC(=O)OC(C)(C)c1nnc(-c2ncc(C(C)C)c3cc(Cl)ncc23)o1. The van der Waals surface area contributed by atoms with Crippen LogP contribution in [0.15, 0.2) is 22.9 Å². The van der Waals surface area contributed by atoms with Gasteiger partial charge in [0.2, 0.25) is 0 Å². The number of hydrogen-bond donors (Lipinski definition) is 0. The van der Waals surface area contributed by atoms with Gasteiger partial charge >= 0.3 is 5.97 Å². The number of rotatable bonds is 4. The van der Waals surface area contributed by atoms with E-state index in [2.05, 4.69) is 34.0 Å². The molecule has 3 aromatic rings.